The first-order valence-electron chi connectivity index (χ1n) is 11.1. The lowest BCUT2D eigenvalue weighted by Gasteiger charge is -2.11. The first kappa shape index (κ1) is 21.8. The molecule has 1 nitrogen and oxygen atoms in total. The van der Waals surface area contributed by atoms with E-state index in [1.54, 1.807) is 0 Å². The third-order valence-corrected chi connectivity index (χ3v) is 5.46. The molecule has 0 N–H and O–H groups in total. The van der Waals surface area contributed by atoms with Gasteiger partial charge in [0.05, 0.1) is 11.4 Å². The van der Waals surface area contributed by atoms with Gasteiger partial charge in [-0.3, -0.25) is 0 Å². The molecule has 30 heavy (non-hydrogen) atoms. The zero-order valence-corrected chi connectivity index (χ0v) is 18.8. The molecule has 3 rings (SSSR count). The molecule has 2 aromatic carbocycles. The molecule has 0 radical (unpaired) electrons. The molecule has 1 heteroatoms. The van der Waals surface area contributed by atoms with Crippen molar-refractivity contribution in [2.24, 2.45) is 0 Å². The lowest BCUT2D eigenvalue weighted by atomic mass is 9.95. The van der Waals surface area contributed by atoms with Crippen LogP contribution >= 0.6 is 0 Å². The van der Waals surface area contributed by atoms with Gasteiger partial charge in [0.1, 0.15) is 0 Å². The van der Waals surface area contributed by atoms with E-state index in [-0.39, 0.29) is 0 Å². The summed E-state index contributed by atoms with van der Waals surface area (Å²) in [5, 5.41) is 0. The Balaban J connectivity index is 2.00. The van der Waals surface area contributed by atoms with E-state index >= 15 is 0 Å². The summed E-state index contributed by atoms with van der Waals surface area (Å²) in [6.07, 6.45) is 8.86. The molecule has 154 valence electrons. The Kier molecular flexibility index (Phi) is 7.79. The van der Waals surface area contributed by atoms with E-state index in [4.69, 9.17) is 4.98 Å². The third kappa shape index (κ3) is 5.57. The van der Waals surface area contributed by atoms with Gasteiger partial charge in [-0.2, -0.15) is 0 Å². The molecule has 0 aliphatic rings. The van der Waals surface area contributed by atoms with Crippen molar-refractivity contribution >= 4 is 23.3 Å². The van der Waals surface area contributed by atoms with Gasteiger partial charge in [-0.1, -0.05) is 81.3 Å². The summed E-state index contributed by atoms with van der Waals surface area (Å²) in [6.45, 7) is 8.84. The van der Waals surface area contributed by atoms with Crippen molar-refractivity contribution in [3.05, 3.63) is 100 Å². The van der Waals surface area contributed by atoms with Gasteiger partial charge in [-0.05, 0) is 84.4 Å². The number of rotatable bonds is 8. The summed E-state index contributed by atoms with van der Waals surface area (Å²) in [5.74, 6) is 0. The summed E-state index contributed by atoms with van der Waals surface area (Å²) in [4.78, 5) is 4.97. The predicted molar refractivity (Wildman–Crippen MR) is 132 cm³/mol. The van der Waals surface area contributed by atoms with E-state index in [1.165, 1.54) is 33.4 Å². The summed E-state index contributed by atoms with van der Waals surface area (Å²) < 4.78 is 0. The Labute approximate surface area is 182 Å². The van der Waals surface area contributed by atoms with Gasteiger partial charge in [-0.15, -0.1) is 0 Å². The number of aryl methyl sites for hydroxylation is 2. The summed E-state index contributed by atoms with van der Waals surface area (Å²) >= 11 is 0. The molecule has 1 aromatic heterocycles. The van der Waals surface area contributed by atoms with Crippen molar-refractivity contribution in [3.63, 3.8) is 0 Å². The van der Waals surface area contributed by atoms with Gasteiger partial charge < -0.3 is 0 Å². The number of benzene rings is 2. The summed E-state index contributed by atoms with van der Waals surface area (Å²) in [6, 6.07) is 23.6. The number of allylic oxidation sites excluding steroid dienone is 2. The lowest BCUT2D eigenvalue weighted by molar-refractivity contribution is 0.973. The van der Waals surface area contributed by atoms with Crippen molar-refractivity contribution in [3.8, 4) is 0 Å². The second kappa shape index (κ2) is 10.7. The molecular formula is C29H33N. The minimum Gasteiger partial charge on any atom is -0.249 e. The maximum atomic E-state index is 4.97. The average molecular weight is 396 g/mol. The highest BCUT2D eigenvalue weighted by atomic mass is 14.7. The molecule has 0 atom stereocenters. The monoisotopic (exact) mass is 395 g/mol. The summed E-state index contributed by atoms with van der Waals surface area (Å²) in [7, 11) is 0. The quantitative estimate of drug-likeness (QED) is 0.373. The van der Waals surface area contributed by atoms with E-state index in [0.29, 0.717) is 0 Å². The van der Waals surface area contributed by atoms with Crippen LogP contribution in [-0.2, 0) is 0 Å². The van der Waals surface area contributed by atoms with Gasteiger partial charge in [0, 0.05) is 0 Å². The fraction of sp³-hybridized carbons (Fsp3) is 0.276. The fourth-order valence-electron chi connectivity index (χ4n) is 3.96. The van der Waals surface area contributed by atoms with Crippen molar-refractivity contribution in [2.75, 3.05) is 0 Å². The minimum absolute atomic E-state index is 1.02. The van der Waals surface area contributed by atoms with E-state index in [2.05, 4.69) is 107 Å². The van der Waals surface area contributed by atoms with Crippen LogP contribution in [-0.4, -0.2) is 4.98 Å². The maximum absolute atomic E-state index is 4.97. The van der Waals surface area contributed by atoms with Crippen LogP contribution in [0.25, 0.3) is 23.3 Å². The lowest BCUT2D eigenvalue weighted by Crippen LogP contribution is -1.93. The van der Waals surface area contributed by atoms with Crippen LogP contribution in [0, 0.1) is 13.8 Å². The van der Waals surface area contributed by atoms with E-state index in [9.17, 15) is 0 Å². The Morgan fingerprint density at radius 2 is 1.07 bits per heavy atom. The highest BCUT2D eigenvalue weighted by Crippen LogP contribution is 2.27. The minimum atomic E-state index is 1.02. The van der Waals surface area contributed by atoms with Gasteiger partial charge >= 0.3 is 0 Å². The van der Waals surface area contributed by atoms with Crippen molar-refractivity contribution in [1.29, 1.82) is 0 Å². The number of hydrogen-bond donors (Lipinski definition) is 0. The molecular weight excluding hydrogens is 362 g/mol. The van der Waals surface area contributed by atoms with Gasteiger partial charge in [0.2, 0.25) is 0 Å². The van der Waals surface area contributed by atoms with Crippen molar-refractivity contribution < 1.29 is 0 Å². The molecule has 0 aliphatic heterocycles. The Morgan fingerprint density at radius 1 is 0.633 bits per heavy atom. The molecule has 0 spiro atoms. The zero-order valence-electron chi connectivity index (χ0n) is 18.8. The molecule has 3 aromatic rings. The highest BCUT2D eigenvalue weighted by molar-refractivity contribution is 5.84. The summed E-state index contributed by atoms with van der Waals surface area (Å²) in [5.41, 5.74) is 10.1. The Morgan fingerprint density at radius 3 is 1.47 bits per heavy atom. The third-order valence-electron chi connectivity index (χ3n) is 5.46. The second-order valence-corrected chi connectivity index (χ2v) is 7.96. The molecule has 0 saturated heterocycles. The van der Waals surface area contributed by atoms with Crippen LogP contribution in [0.5, 0.6) is 0 Å². The van der Waals surface area contributed by atoms with Gasteiger partial charge in [-0.25, -0.2) is 4.98 Å². The van der Waals surface area contributed by atoms with Crippen LogP contribution in [0.15, 0.2) is 66.7 Å². The van der Waals surface area contributed by atoms with Crippen LogP contribution in [0.4, 0.5) is 0 Å². The van der Waals surface area contributed by atoms with E-state index in [1.807, 2.05) is 0 Å². The smallest absolute Gasteiger partial charge is 0.0639 e. The Bertz CT molecular complexity index is 959. The molecule has 1 heterocycles. The standard InChI is InChI=1S/C29H33N/c1-5-12-24(28-18-9-7-14-22(28)3)20-26-16-11-17-27(30-26)21-25(13-6-2)29-19-10-8-15-23(29)4/h7-11,14-21H,5-6,12-13H2,1-4H3/b24-20+,25-21+. The fourth-order valence-corrected chi connectivity index (χ4v) is 3.96. The van der Waals surface area contributed by atoms with Crippen LogP contribution in [0.3, 0.4) is 0 Å². The highest BCUT2D eigenvalue weighted by Gasteiger charge is 2.07. The maximum Gasteiger partial charge on any atom is 0.0639 e. The van der Waals surface area contributed by atoms with Crippen LogP contribution in [0.2, 0.25) is 0 Å². The van der Waals surface area contributed by atoms with Gasteiger partial charge in [0.25, 0.3) is 0 Å². The van der Waals surface area contributed by atoms with Crippen LogP contribution < -0.4 is 0 Å². The molecule has 0 bridgehead atoms. The average Bonchev–Trinajstić information content (AvgIpc) is 2.74. The largest absolute Gasteiger partial charge is 0.249 e. The number of pyridine rings is 1. The topological polar surface area (TPSA) is 12.9 Å². The molecule has 0 aliphatic carbocycles. The first-order valence-corrected chi connectivity index (χ1v) is 11.1. The molecule has 0 saturated carbocycles. The molecule has 0 fully saturated rings. The Hall–Kier alpha value is -2.93. The second-order valence-electron chi connectivity index (χ2n) is 7.96. The number of aromatic nitrogens is 1. The zero-order chi connectivity index (χ0) is 21.3. The number of nitrogens with zero attached hydrogens (tertiary/aromatic N) is 1. The van der Waals surface area contributed by atoms with Gasteiger partial charge in [0.15, 0.2) is 0 Å². The number of hydrogen-bond acceptors (Lipinski definition) is 1. The molecule has 0 amide bonds. The first-order chi connectivity index (χ1) is 14.6. The van der Waals surface area contributed by atoms with E-state index in [0.717, 1.165) is 37.1 Å². The normalized spacial score (nSPS) is 12.3. The SMILES string of the molecule is CCC/C(=C\c1cccc(/C=C(\CCC)c2ccccc2C)n1)c1ccccc1C. The van der Waals surface area contributed by atoms with Crippen LogP contribution in [0.1, 0.15) is 73.2 Å². The molecule has 0 unspecified atom stereocenters. The van der Waals surface area contributed by atoms with Crippen molar-refractivity contribution in [2.45, 2.75) is 53.4 Å². The van der Waals surface area contributed by atoms with Crippen molar-refractivity contribution in [1.82, 2.24) is 4.98 Å². The predicted octanol–water partition coefficient (Wildman–Crippen LogP) is 8.38. The van der Waals surface area contributed by atoms with E-state index < -0.39 is 0 Å².